The van der Waals surface area contributed by atoms with Crippen molar-refractivity contribution >= 4 is 5.78 Å². The Labute approximate surface area is 63.6 Å². The fourth-order valence-corrected chi connectivity index (χ4v) is 0.941. The Morgan fingerprint density at radius 2 is 2.27 bits per heavy atom. The first kappa shape index (κ1) is 6.22. The predicted octanol–water partition coefficient (Wildman–Crippen LogP) is 0.897. The molecular weight excluding hydrogens is 144 g/mol. The van der Waals surface area contributed by atoms with Crippen LogP contribution in [0.25, 0.3) is 0 Å². The third-order valence-electron chi connectivity index (χ3n) is 1.43. The first-order chi connectivity index (χ1) is 5.36. The van der Waals surface area contributed by atoms with Gasteiger partial charge in [-0.2, -0.15) is 0 Å². The molecule has 2 rings (SSSR count). The Bertz CT molecular complexity index is 284. The predicted molar refractivity (Wildman–Crippen MR) is 37.4 cm³/mol. The van der Waals surface area contributed by atoms with E-state index in [1.807, 2.05) is 0 Å². The van der Waals surface area contributed by atoms with Gasteiger partial charge in [0.1, 0.15) is 0 Å². The molecule has 0 radical (unpaired) electrons. The molecule has 2 aliphatic heterocycles. The van der Waals surface area contributed by atoms with Gasteiger partial charge in [-0.3, -0.25) is 4.79 Å². The Morgan fingerprint density at radius 3 is 3.18 bits per heavy atom. The van der Waals surface area contributed by atoms with Gasteiger partial charge in [-0.25, -0.2) is 0 Å². The quantitative estimate of drug-likeness (QED) is 0.514. The number of fused-ring (bicyclic) bond motifs is 1. The second-order valence-electron chi connectivity index (χ2n) is 2.24. The molecule has 0 bridgehead atoms. The van der Waals surface area contributed by atoms with Crippen molar-refractivity contribution < 1.29 is 14.3 Å². The Balaban J connectivity index is 2.37. The minimum Gasteiger partial charge on any atom is -0.482 e. The number of hydrogen-bond donors (Lipinski definition) is 0. The van der Waals surface area contributed by atoms with Gasteiger partial charge in [0, 0.05) is 6.08 Å². The molecule has 2 aliphatic rings. The van der Waals surface area contributed by atoms with Gasteiger partial charge >= 0.3 is 0 Å². The van der Waals surface area contributed by atoms with E-state index in [9.17, 15) is 4.79 Å². The van der Waals surface area contributed by atoms with Crippen LogP contribution in [0.2, 0.25) is 0 Å². The van der Waals surface area contributed by atoms with Crippen molar-refractivity contribution in [3.63, 3.8) is 0 Å². The van der Waals surface area contributed by atoms with E-state index in [1.54, 1.807) is 12.2 Å². The van der Waals surface area contributed by atoms with Crippen molar-refractivity contribution in [3.8, 4) is 0 Å². The molecule has 0 aromatic rings. The van der Waals surface area contributed by atoms with Crippen molar-refractivity contribution in [2.75, 3.05) is 6.61 Å². The summed E-state index contributed by atoms with van der Waals surface area (Å²) in [4.78, 5) is 10.8. The molecule has 0 N–H and O–H groups in total. The highest BCUT2D eigenvalue weighted by Crippen LogP contribution is 2.20. The van der Waals surface area contributed by atoms with E-state index in [0.717, 1.165) is 0 Å². The summed E-state index contributed by atoms with van der Waals surface area (Å²) in [7, 11) is 0. The van der Waals surface area contributed by atoms with Crippen LogP contribution in [0.1, 0.15) is 0 Å². The highest BCUT2D eigenvalue weighted by Gasteiger charge is 2.18. The maximum absolute atomic E-state index is 10.8. The molecule has 0 spiro atoms. The van der Waals surface area contributed by atoms with Gasteiger partial charge in [-0.15, -0.1) is 0 Å². The number of hydrogen-bond acceptors (Lipinski definition) is 3. The monoisotopic (exact) mass is 150 g/mol. The average molecular weight is 150 g/mol. The zero-order chi connectivity index (χ0) is 7.68. The van der Waals surface area contributed by atoms with Crippen molar-refractivity contribution in [2.24, 2.45) is 0 Å². The van der Waals surface area contributed by atoms with Gasteiger partial charge < -0.3 is 9.47 Å². The molecule has 56 valence electrons. The van der Waals surface area contributed by atoms with Crippen LogP contribution in [0.5, 0.6) is 0 Å². The van der Waals surface area contributed by atoms with Crippen LogP contribution in [0.4, 0.5) is 0 Å². The molecule has 0 atom stereocenters. The Hall–Kier alpha value is -1.51. The summed E-state index contributed by atoms with van der Waals surface area (Å²) < 4.78 is 10.1. The van der Waals surface area contributed by atoms with E-state index in [-0.39, 0.29) is 12.4 Å². The molecule has 0 aromatic carbocycles. The minimum absolute atomic E-state index is 0.0625. The summed E-state index contributed by atoms with van der Waals surface area (Å²) in [5.74, 6) is 1.07. The van der Waals surface area contributed by atoms with Crippen LogP contribution in [0.15, 0.2) is 36.0 Å². The van der Waals surface area contributed by atoms with Crippen molar-refractivity contribution in [2.45, 2.75) is 0 Å². The molecule has 0 aromatic heterocycles. The number of carbonyl (C=O) groups excluding carboxylic acids is 1. The lowest BCUT2D eigenvalue weighted by Crippen LogP contribution is -2.15. The lowest BCUT2D eigenvalue weighted by molar-refractivity contribution is -0.118. The molecule has 0 aliphatic carbocycles. The molecular formula is C8H6O3. The van der Waals surface area contributed by atoms with Crippen LogP contribution < -0.4 is 0 Å². The first-order valence-corrected chi connectivity index (χ1v) is 3.27. The highest BCUT2D eigenvalue weighted by molar-refractivity contribution is 5.92. The largest absolute Gasteiger partial charge is 0.482 e. The third-order valence-corrected chi connectivity index (χ3v) is 1.43. The summed E-state index contributed by atoms with van der Waals surface area (Å²) in [5.41, 5.74) is 0. The van der Waals surface area contributed by atoms with Crippen LogP contribution in [-0.2, 0) is 14.3 Å². The van der Waals surface area contributed by atoms with E-state index < -0.39 is 0 Å². The zero-order valence-electron chi connectivity index (χ0n) is 5.74. The summed E-state index contributed by atoms with van der Waals surface area (Å²) in [6, 6.07) is 0. The van der Waals surface area contributed by atoms with E-state index in [4.69, 9.17) is 9.47 Å². The van der Waals surface area contributed by atoms with E-state index in [2.05, 4.69) is 0 Å². The van der Waals surface area contributed by atoms with Crippen molar-refractivity contribution in [1.82, 2.24) is 0 Å². The molecule has 0 amide bonds. The third kappa shape index (κ3) is 1.05. The van der Waals surface area contributed by atoms with E-state index in [0.29, 0.717) is 11.5 Å². The number of rotatable bonds is 0. The summed E-state index contributed by atoms with van der Waals surface area (Å²) in [6.45, 7) is 0.118. The standard InChI is InChI=1S/C8H6O3/c9-6-4-8-7(11-5-6)2-1-3-10-8/h1-4H,5H2. The summed E-state index contributed by atoms with van der Waals surface area (Å²) >= 11 is 0. The van der Waals surface area contributed by atoms with Crippen LogP contribution in [0.3, 0.4) is 0 Å². The maximum Gasteiger partial charge on any atom is 0.196 e. The van der Waals surface area contributed by atoms with Gasteiger partial charge in [0.25, 0.3) is 0 Å². The van der Waals surface area contributed by atoms with Gasteiger partial charge in [0.2, 0.25) is 0 Å². The second-order valence-corrected chi connectivity index (χ2v) is 2.24. The molecule has 0 fully saturated rings. The van der Waals surface area contributed by atoms with Gasteiger partial charge in [-0.05, 0) is 12.2 Å². The van der Waals surface area contributed by atoms with Crippen molar-refractivity contribution in [3.05, 3.63) is 36.0 Å². The normalized spacial score (nSPS) is 20.9. The number of ketones is 1. The molecule has 11 heavy (non-hydrogen) atoms. The minimum atomic E-state index is -0.0625. The lowest BCUT2D eigenvalue weighted by atomic mass is 10.2. The van der Waals surface area contributed by atoms with Gasteiger partial charge in [-0.1, -0.05) is 0 Å². The SMILES string of the molecule is O=C1C=C2OC=CC=C2OC1. The fraction of sp³-hybridized carbons (Fsp3) is 0.125. The fourth-order valence-electron chi connectivity index (χ4n) is 0.941. The maximum atomic E-state index is 10.8. The molecule has 3 nitrogen and oxygen atoms in total. The molecule has 0 saturated carbocycles. The smallest absolute Gasteiger partial charge is 0.196 e. The number of ether oxygens (including phenoxy) is 2. The lowest BCUT2D eigenvalue weighted by Gasteiger charge is -2.17. The Kier molecular flexibility index (Phi) is 1.28. The topological polar surface area (TPSA) is 35.5 Å². The summed E-state index contributed by atoms with van der Waals surface area (Å²) in [6.07, 6.45) is 6.44. The van der Waals surface area contributed by atoms with Crippen LogP contribution >= 0.6 is 0 Å². The van der Waals surface area contributed by atoms with E-state index in [1.165, 1.54) is 12.3 Å². The second kappa shape index (κ2) is 2.27. The van der Waals surface area contributed by atoms with Crippen LogP contribution in [-0.4, -0.2) is 12.4 Å². The molecule has 0 saturated heterocycles. The summed E-state index contributed by atoms with van der Waals surface area (Å²) in [5, 5.41) is 0. The molecule has 2 heterocycles. The van der Waals surface area contributed by atoms with Crippen molar-refractivity contribution in [1.29, 1.82) is 0 Å². The molecule has 3 heteroatoms. The van der Waals surface area contributed by atoms with Gasteiger partial charge in [0.15, 0.2) is 23.9 Å². The van der Waals surface area contributed by atoms with Gasteiger partial charge in [0.05, 0.1) is 6.26 Å². The Morgan fingerprint density at radius 1 is 1.36 bits per heavy atom. The average Bonchev–Trinajstić information content (AvgIpc) is 2.04. The zero-order valence-corrected chi connectivity index (χ0v) is 5.74. The number of carbonyl (C=O) groups is 1. The first-order valence-electron chi connectivity index (χ1n) is 3.27. The number of allylic oxidation sites excluding steroid dienone is 2. The van der Waals surface area contributed by atoms with E-state index >= 15 is 0 Å². The van der Waals surface area contributed by atoms with Crippen LogP contribution in [0, 0.1) is 0 Å². The highest BCUT2D eigenvalue weighted by atomic mass is 16.5. The molecule has 0 unspecified atom stereocenters.